The molecule has 0 radical (unpaired) electrons. The van der Waals surface area contributed by atoms with Crippen molar-refractivity contribution >= 4 is 38.0 Å². The van der Waals surface area contributed by atoms with Crippen molar-refractivity contribution in [2.75, 3.05) is 5.32 Å². The Morgan fingerprint density at radius 3 is 2.35 bits per heavy atom. The molecule has 0 fully saturated rings. The molecule has 0 aliphatic carbocycles. The number of carbonyl (C=O) groups is 1. The SMILES string of the molecule is O=C(Nc1cccc2cccnc12)c1ccccc1S(=O)(=O)c1ccc([N+](=O)[O-])cc1. The molecule has 4 aromatic rings. The topological polar surface area (TPSA) is 119 Å². The monoisotopic (exact) mass is 433 g/mol. The van der Waals surface area contributed by atoms with Gasteiger partial charge in [0, 0.05) is 23.7 Å². The van der Waals surface area contributed by atoms with Crippen LogP contribution in [0.4, 0.5) is 11.4 Å². The molecule has 0 saturated carbocycles. The highest BCUT2D eigenvalue weighted by Crippen LogP contribution is 2.27. The molecule has 1 aromatic heterocycles. The Morgan fingerprint density at radius 2 is 1.61 bits per heavy atom. The number of sulfone groups is 1. The second-order valence-electron chi connectivity index (χ2n) is 6.59. The first-order chi connectivity index (χ1) is 14.9. The largest absolute Gasteiger partial charge is 0.320 e. The van der Waals surface area contributed by atoms with Crippen LogP contribution in [0.3, 0.4) is 0 Å². The van der Waals surface area contributed by atoms with E-state index in [9.17, 15) is 23.3 Å². The van der Waals surface area contributed by atoms with Crippen molar-refractivity contribution in [3.8, 4) is 0 Å². The third-order valence-electron chi connectivity index (χ3n) is 4.66. The fourth-order valence-electron chi connectivity index (χ4n) is 3.16. The Balaban J connectivity index is 1.72. The maximum Gasteiger partial charge on any atom is 0.269 e. The van der Waals surface area contributed by atoms with Crippen molar-refractivity contribution in [3.63, 3.8) is 0 Å². The number of fused-ring (bicyclic) bond motifs is 1. The molecule has 0 bridgehead atoms. The number of carbonyl (C=O) groups excluding carboxylic acids is 1. The second kappa shape index (κ2) is 7.96. The molecule has 3 aromatic carbocycles. The van der Waals surface area contributed by atoms with Gasteiger partial charge in [0.25, 0.3) is 11.6 Å². The van der Waals surface area contributed by atoms with Crippen LogP contribution in [0, 0.1) is 10.1 Å². The Labute approximate surface area is 177 Å². The van der Waals surface area contributed by atoms with Gasteiger partial charge in [-0.15, -0.1) is 0 Å². The number of nitro groups is 1. The van der Waals surface area contributed by atoms with E-state index >= 15 is 0 Å². The highest BCUT2D eigenvalue weighted by Gasteiger charge is 2.25. The quantitative estimate of drug-likeness (QED) is 0.372. The summed E-state index contributed by atoms with van der Waals surface area (Å²) in [5.74, 6) is -0.612. The molecule has 0 spiro atoms. The number of nitro benzene ring substituents is 1. The normalized spacial score (nSPS) is 11.2. The number of anilines is 1. The standard InChI is InChI=1S/C22H15N3O5S/c26-22(24-19-8-3-5-15-6-4-14-23-21(15)19)18-7-1-2-9-20(18)31(29,30)17-12-10-16(11-13-17)25(27)28/h1-14H,(H,24,26). The molecule has 154 valence electrons. The third kappa shape index (κ3) is 3.86. The van der Waals surface area contributed by atoms with Crippen molar-refractivity contribution < 1.29 is 18.1 Å². The van der Waals surface area contributed by atoms with Crippen molar-refractivity contribution in [2.45, 2.75) is 9.79 Å². The summed E-state index contributed by atoms with van der Waals surface area (Å²) in [6.07, 6.45) is 1.60. The van der Waals surface area contributed by atoms with E-state index < -0.39 is 20.7 Å². The number of hydrogen-bond acceptors (Lipinski definition) is 6. The lowest BCUT2D eigenvalue weighted by molar-refractivity contribution is -0.384. The van der Waals surface area contributed by atoms with Gasteiger partial charge in [0.15, 0.2) is 0 Å². The molecule has 0 unspecified atom stereocenters. The van der Waals surface area contributed by atoms with Crippen LogP contribution in [0.15, 0.2) is 94.9 Å². The summed E-state index contributed by atoms with van der Waals surface area (Å²) >= 11 is 0. The number of rotatable bonds is 5. The van der Waals surface area contributed by atoms with Gasteiger partial charge in [0.1, 0.15) is 0 Å². The van der Waals surface area contributed by atoms with Crippen LogP contribution < -0.4 is 5.32 Å². The number of para-hydroxylation sites is 1. The zero-order valence-corrected chi connectivity index (χ0v) is 16.7. The fourth-order valence-corrected chi connectivity index (χ4v) is 4.61. The molecule has 4 rings (SSSR count). The van der Waals surface area contributed by atoms with Gasteiger partial charge in [-0.05, 0) is 36.4 Å². The van der Waals surface area contributed by atoms with Gasteiger partial charge < -0.3 is 5.32 Å². The number of pyridine rings is 1. The summed E-state index contributed by atoms with van der Waals surface area (Å²) in [7, 11) is -4.09. The van der Waals surface area contributed by atoms with E-state index in [-0.39, 0.29) is 21.0 Å². The Kier molecular flexibility index (Phi) is 5.18. The minimum atomic E-state index is -4.09. The van der Waals surface area contributed by atoms with E-state index in [1.807, 2.05) is 12.1 Å². The summed E-state index contributed by atoms with van der Waals surface area (Å²) in [4.78, 5) is 27.2. The van der Waals surface area contributed by atoms with E-state index in [1.165, 1.54) is 18.2 Å². The summed E-state index contributed by atoms with van der Waals surface area (Å²) in [5.41, 5.74) is 0.752. The number of benzene rings is 3. The highest BCUT2D eigenvalue weighted by atomic mass is 32.2. The van der Waals surface area contributed by atoms with Crippen molar-refractivity contribution in [3.05, 3.63) is 101 Å². The first-order valence-corrected chi connectivity index (χ1v) is 10.6. The second-order valence-corrected chi connectivity index (χ2v) is 8.50. The predicted octanol–water partition coefficient (Wildman–Crippen LogP) is 4.23. The zero-order valence-electron chi connectivity index (χ0n) is 15.9. The van der Waals surface area contributed by atoms with Crippen molar-refractivity contribution in [2.24, 2.45) is 0 Å². The molecule has 1 heterocycles. The Morgan fingerprint density at radius 1 is 0.903 bits per heavy atom. The third-order valence-corrected chi connectivity index (χ3v) is 6.49. The Hall–Kier alpha value is -4.11. The molecule has 9 heteroatoms. The van der Waals surface area contributed by atoms with Gasteiger partial charge in [-0.2, -0.15) is 0 Å². The van der Waals surface area contributed by atoms with Crippen LogP contribution >= 0.6 is 0 Å². The first kappa shape index (κ1) is 20.2. The summed E-state index contributed by atoms with van der Waals surface area (Å²) in [6.45, 7) is 0. The first-order valence-electron chi connectivity index (χ1n) is 9.11. The van der Waals surface area contributed by atoms with E-state index in [1.54, 1.807) is 30.5 Å². The molecule has 8 nitrogen and oxygen atoms in total. The lowest BCUT2D eigenvalue weighted by Crippen LogP contribution is -2.17. The number of hydrogen-bond donors (Lipinski definition) is 1. The van der Waals surface area contributed by atoms with Crippen molar-refractivity contribution in [1.29, 1.82) is 0 Å². The maximum atomic E-state index is 13.1. The summed E-state index contributed by atoms with van der Waals surface area (Å²) in [5, 5.41) is 14.4. The number of nitrogens with one attached hydrogen (secondary N) is 1. The van der Waals surface area contributed by atoms with E-state index in [2.05, 4.69) is 10.3 Å². The summed E-state index contributed by atoms with van der Waals surface area (Å²) in [6, 6.07) is 19.2. The number of amides is 1. The molecule has 0 aliphatic heterocycles. The van der Waals surface area contributed by atoms with Crippen LogP contribution in [0.1, 0.15) is 10.4 Å². The fraction of sp³-hybridized carbons (Fsp3) is 0. The maximum absolute atomic E-state index is 13.1. The average molecular weight is 433 g/mol. The number of aromatic nitrogens is 1. The average Bonchev–Trinajstić information content (AvgIpc) is 2.79. The molecule has 1 amide bonds. The number of nitrogens with zero attached hydrogens (tertiary/aromatic N) is 2. The van der Waals surface area contributed by atoms with Gasteiger partial charge in [-0.25, -0.2) is 8.42 Å². The van der Waals surface area contributed by atoms with E-state index in [0.29, 0.717) is 11.2 Å². The molecule has 0 atom stereocenters. The Bertz CT molecular complexity index is 1410. The van der Waals surface area contributed by atoms with Gasteiger partial charge >= 0.3 is 0 Å². The minimum Gasteiger partial charge on any atom is -0.320 e. The lowest BCUT2D eigenvalue weighted by Gasteiger charge is -2.12. The molecule has 1 N–H and O–H groups in total. The van der Waals surface area contributed by atoms with Crippen LogP contribution in [-0.4, -0.2) is 24.2 Å². The smallest absolute Gasteiger partial charge is 0.269 e. The summed E-state index contributed by atoms with van der Waals surface area (Å²) < 4.78 is 26.3. The van der Waals surface area contributed by atoms with E-state index in [0.717, 1.165) is 29.7 Å². The zero-order chi connectivity index (χ0) is 22.0. The lowest BCUT2D eigenvalue weighted by atomic mass is 10.1. The van der Waals surface area contributed by atoms with Gasteiger partial charge in [0.05, 0.1) is 31.5 Å². The number of non-ortho nitro benzene ring substituents is 1. The van der Waals surface area contributed by atoms with Crippen LogP contribution in [0.25, 0.3) is 10.9 Å². The highest BCUT2D eigenvalue weighted by molar-refractivity contribution is 7.91. The molecular formula is C22H15N3O5S. The van der Waals surface area contributed by atoms with Gasteiger partial charge in [-0.3, -0.25) is 19.9 Å². The molecule has 0 saturated heterocycles. The molecule has 0 aliphatic rings. The van der Waals surface area contributed by atoms with Crippen LogP contribution in [-0.2, 0) is 9.84 Å². The van der Waals surface area contributed by atoms with E-state index in [4.69, 9.17) is 0 Å². The van der Waals surface area contributed by atoms with Gasteiger partial charge in [-0.1, -0.05) is 30.3 Å². The molecule has 31 heavy (non-hydrogen) atoms. The van der Waals surface area contributed by atoms with Crippen LogP contribution in [0.5, 0.6) is 0 Å². The van der Waals surface area contributed by atoms with Crippen LogP contribution in [0.2, 0.25) is 0 Å². The minimum absolute atomic E-state index is 0.0474. The predicted molar refractivity (Wildman–Crippen MR) is 115 cm³/mol. The molecular weight excluding hydrogens is 418 g/mol. The van der Waals surface area contributed by atoms with Crippen molar-refractivity contribution in [1.82, 2.24) is 4.98 Å². The van der Waals surface area contributed by atoms with Gasteiger partial charge in [0.2, 0.25) is 9.84 Å².